The zero-order valence-corrected chi connectivity index (χ0v) is 23.2. The predicted molar refractivity (Wildman–Crippen MR) is 145 cm³/mol. The van der Waals surface area contributed by atoms with E-state index in [1.54, 1.807) is 24.4 Å². The number of amides is 1. The molecule has 0 saturated heterocycles. The molecule has 37 heavy (non-hydrogen) atoms. The molecule has 0 spiro atoms. The lowest BCUT2D eigenvalue weighted by Gasteiger charge is -2.33. The molecule has 0 fully saturated rings. The van der Waals surface area contributed by atoms with Crippen molar-refractivity contribution in [3.63, 3.8) is 0 Å². The van der Waals surface area contributed by atoms with Gasteiger partial charge in [-0.1, -0.05) is 13.8 Å². The Morgan fingerprint density at radius 2 is 1.95 bits per heavy atom. The Hall–Kier alpha value is -3.71. The van der Waals surface area contributed by atoms with E-state index in [2.05, 4.69) is 45.5 Å². The molecule has 2 aromatic heterocycles. The number of anilines is 2. The molecule has 1 atom stereocenters. The number of thiazole rings is 1. The van der Waals surface area contributed by atoms with Gasteiger partial charge in [-0.2, -0.15) is 5.26 Å². The minimum Gasteiger partial charge on any atom is -0.490 e. The Bertz CT molecular complexity index is 1280. The molecule has 9 nitrogen and oxygen atoms in total. The number of ether oxygens (including phenoxy) is 2. The maximum Gasteiger partial charge on any atom is 0.408 e. The highest BCUT2D eigenvalue weighted by atomic mass is 32.1. The number of hydrogen-bond acceptors (Lipinski definition) is 9. The summed E-state index contributed by atoms with van der Waals surface area (Å²) in [7, 11) is 0. The number of alkyl carbamates (subject to hydrolysis) is 1. The molecule has 0 aliphatic rings. The predicted octanol–water partition coefficient (Wildman–Crippen LogP) is 6.23. The normalized spacial score (nSPS) is 12.9. The maximum atomic E-state index is 12.5. The van der Waals surface area contributed by atoms with Crippen LogP contribution in [0.25, 0.3) is 11.3 Å². The summed E-state index contributed by atoms with van der Waals surface area (Å²) in [6.07, 6.45) is 1.82. The van der Waals surface area contributed by atoms with Gasteiger partial charge in [-0.3, -0.25) is 0 Å². The van der Waals surface area contributed by atoms with Crippen molar-refractivity contribution < 1.29 is 14.3 Å². The molecule has 10 heteroatoms. The van der Waals surface area contributed by atoms with Crippen molar-refractivity contribution in [3.05, 3.63) is 47.1 Å². The van der Waals surface area contributed by atoms with Gasteiger partial charge in [-0.15, -0.1) is 11.3 Å². The molecule has 0 aliphatic heterocycles. The zero-order chi connectivity index (χ0) is 27.2. The summed E-state index contributed by atoms with van der Waals surface area (Å²) in [6.45, 7) is 13.6. The van der Waals surface area contributed by atoms with Gasteiger partial charge in [0.25, 0.3) is 0 Å². The Kier molecular flexibility index (Phi) is 8.71. The van der Waals surface area contributed by atoms with Crippen molar-refractivity contribution in [2.45, 2.75) is 66.0 Å². The lowest BCUT2D eigenvalue weighted by Crippen LogP contribution is -2.52. The first-order valence-electron chi connectivity index (χ1n) is 12.1. The Labute approximate surface area is 222 Å². The van der Waals surface area contributed by atoms with E-state index in [-0.39, 0.29) is 6.61 Å². The van der Waals surface area contributed by atoms with E-state index in [0.717, 1.165) is 11.3 Å². The zero-order valence-electron chi connectivity index (χ0n) is 22.4. The molecular formula is C27H34N6O3S. The minimum atomic E-state index is -0.691. The number of nitrogens with zero attached hydrogens (tertiary/aromatic N) is 4. The van der Waals surface area contributed by atoms with Gasteiger partial charge in [-0.25, -0.2) is 19.7 Å². The van der Waals surface area contributed by atoms with Crippen molar-refractivity contribution in [1.82, 2.24) is 20.3 Å². The number of nitrogens with one attached hydrogen (secondary N) is 2. The lowest BCUT2D eigenvalue weighted by atomic mass is 9.91. The van der Waals surface area contributed by atoms with Gasteiger partial charge in [-0.05, 0) is 71.2 Å². The van der Waals surface area contributed by atoms with E-state index in [1.807, 2.05) is 46.1 Å². The van der Waals surface area contributed by atoms with E-state index in [0.29, 0.717) is 40.4 Å². The first-order chi connectivity index (χ1) is 17.4. The molecule has 196 valence electrons. The van der Waals surface area contributed by atoms with Gasteiger partial charge in [0, 0.05) is 17.1 Å². The lowest BCUT2D eigenvalue weighted by molar-refractivity contribution is 0.0408. The Balaban J connectivity index is 1.76. The molecule has 1 amide bonds. The van der Waals surface area contributed by atoms with Crippen molar-refractivity contribution in [1.29, 1.82) is 5.26 Å². The van der Waals surface area contributed by atoms with Crippen LogP contribution < -0.4 is 15.4 Å². The average Bonchev–Trinajstić information content (AvgIpc) is 3.20. The van der Waals surface area contributed by atoms with E-state index in [1.165, 1.54) is 11.3 Å². The summed E-state index contributed by atoms with van der Waals surface area (Å²) in [5.41, 5.74) is 1.40. The molecule has 0 saturated carbocycles. The molecule has 1 unspecified atom stereocenters. The molecule has 0 radical (unpaired) electrons. The van der Waals surface area contributed by atoms with Crippen LogP contribution in [0.5, 0.6) is 5.75 Å². The SMILES string of the molecule is Cc1csc(Nc2nccc(-c3ccc(OCC(C)(CC(C)C)NC(=O)OC(C)(C)C)c(C#N)c3)n2)n1. The summed E-state index contributed by atoms with van der Waals surface area (Å²) in [5.74, 6) is 1.15. The number of benzene rings is 1. The first-order valence-corrected chi connectivity index (χ1v) is 12.9. The fraction of sp³-hybridized carbons (Fsp3) is 0.444. The van der Waals surface area contributed by atoms with Crippen molar-refractivity contribution in [2.75, 3.05) is 11.9 Å². The van der Waals surface area contributed by atoms with Crippen molar-refractivity contribution in [2.24, 2.45) is 5.92 Å². The molecule has 0 aliphatic carbocycles. The molecule has 2 heterocycles. The van der Waals surface area contributed by atoms with Gasteiger partial charge in [0.15, 0.2) is 5.13 Å². The smallest absolute Gasteiger partial charge is 0.408 e. The van der Waals surface area contributed by atoms with Gasteiger partial charge in [0.1, 0.15) is 24.0 Å². The highest BCUT2D eigenvalue weighted by Gasteiger charge is 2.31. The second-order valence-electron chi connectivity index (χ2n) is 10.6. The standard InChI is InChI=1S/C27H34N6O3S/c1-17(2)13-27(7,33-25(34)36-26(4,5)6)16-35-22-9-8-19(12-20(22)14-28)21-10-11-29-23(31-21)32-24-30-18(3)15-37-24/h8-12,15,17H,13,16H2,1-7H3,(H,33,34)(H,29,30,31,32). The molecule has 3 aromatic rings. The van der Waals surface area contributed by atoms with Crippen LogP contribution in [0.15, 0.2) is 35.8 Å². The number of carbonyl (C=O) groups is 1. The average molecular weight is 523 g/mol. The largest absolute Gasteiger partial charge is 0.490 e. The molecule has 3 rings (SSSR count). The topological polar surface area (TPSA) is 122 Å². The Morgan fingerprint density at radius 3 is 2.57 bits per heavy atom. The second-order valence-corrected chi connectivity index (χ2v) is 11.4. The third-order valence-electron chi connectivity index (χ3n) is 5.10. The van der Waals surface area contributed by atoms with Crippen LogP contribution in [0, 0.1) is 24.2 Å². The number of rotatable bonds is 9. The minimum absolute atomic E-state index is 0.174. The van der Waals surface area contributed by atoms with Crippen LogP contribution in [0.1, 0.15) is 59.2 Å². The summed E-state index contributed by atoms with van der Waals surface area (Å²) in [6, 6.07) is 9.31. The quantitative estimate of drug-likeness (QED) is 0.339. The van der Waals surface area contributed by atoms with Crippen LogP contribution >= 0.6 is 11.3 Å². The fourth-order valence-corrected chi connectivity index (χ4v) is 4.51. The summed E-state index contributed by atoms with van der Waals surface area (Å²) in [5, 5.41) is 18.5. The van der Waals surface area contributed by atoms with Crippen LogP contribution in [0.3, 0.4) is 0 Å². The van der Waals surface area contributed by atoms with E-state index >= 15 is 0 Å². The Morgan fingerprint density at radius 1 is 1.19 bits per heavy atom. The van der Waals surface area contributed by atoms with Crippen LogP contribution in [-0.4, -0.2) is 38.8 Å². The highest BCUT2D eigenvalue weighted by Crippen LogP contribution is 2.28. The molecule has 0 bridgehead atoms. The number of nitriles is 1. The second kappa shape index (κ2) is 11.6. The monoisotopic (exact) mass is 522 g/mol. The van der Waals surface area contributed by atoms with Crippen LogP contribution in [-0.2, 0) is 4.74 Å². The third kappa shape index (κ3) is 8.43. The van der Waals surface area contributed by atoms with Gasteiger partial charge in [0.2, 0.25) is 5.95 Å². The molecule has 1 aromatic carbocycles. The highest BCUT2D eigenvalue weighted by molar-refractivity contribution is 7.13. The fourth-order valence-electron chi connectivity index (χ4n) is 3.82. The van der Waals surface area contributed by atoms with Gasteiger partial charge in [0.05, 0.1) is 22.5 Å². The third-order valence-corrected chi connectivity index (χ3v) is 5.97. The maximum absolute atomic E-state index is 12.5. The van der Waals surface area contributed by atoms with E-state index in [9.17, 15) is 10.1 Å². The van der Waals surface area contributed by atoms with E-state index < -0.39 is 17.2 Å². The molecular weight excluding hydrogens is 488 g/mol. The number of hydrogen-bond donors (Lipinski definition) is 2. The van der Waals surface area contributed by atoms with Gasteiger partial charge < -0.3 is 20.1 Å². The number of aromatic nitrogens is 3. The van der Waals surface area contributed by atoms with Crippen molar-refractivity contribution >= 4 is 28.5 Å². The summed E-state index contributed by atoms with van der Waals surface area (Å²) >= 11 is 1.48. The molecule has 2 N–H and O–H groups in total. The number of aryl methyl sites for hydroxylation is 1. The van der Waals surface area contributed by atoms with Crippen LogP contribution in [0.2, 0.25) is 0 Å². The van der Waals surface area contributed by atoms with Gasteiger partial charge >= 0.3 is 6.09 Å². The van der Waals surface area contributed by atoms with E-state index in [4.69, 9.17) is 9.47 Å². The first kappa shape index (κ1) is 27.9. The van der Waals surface area contributed by atoms with Crippen LogP contribution in [0.4, 0.5) is 15.9 Å². The van der Waals surface area contributed by atoms with Crippen molar-refractivity contribution in [3.8, 4) is 23.1 Å². The number of carbonyl (C=O) groups excluding carboxylic acids is 1. The summed E-state index contributed by atoms with van der Waals surface area (Å²) in [4.78, 5) is 25.7. The summed E-state index contributed by atoms with van der Waals surface area (Å²) < 4.78 is 11.5.